The summed E-state index contributed by atoms with van der Waals surface area (Å²) in [6.07, 6.45) is 6.94. The highest BCUT2D eigenvalue weighted by Gasteiger charge is 2.21. The van der Waals surface area contributed by atoms with E-state index in [2.05, 4.69) is 66.7 Å². The molecule has 0 atom stereocenters. The highest BCUT2D eigenvalue weighted by molar-refractivity contribution is 5.82. The van der Waals surface area contributed by atoms with Gasteiger partial charge in [-0.05, 0) is 62.3 Å². The number of fused-ring (bicyclic) bond motifs is 1. The van der Waals surface area contributed by atoms with Gasteiger partial charge in [-0.25, -0.2) is 4.98 Å². The van der Waals surface area contributed by atoms with Gasteiger partial charge in [0.25, 0.3) is 0 Å². The standard InChI is InChI=1S/C22H28N4.H2/c1-14(2)22-19(13-24-26-22)20-11-8-16-4-5-17(12-21(16)25-20)15-6-9-18(23-3)10-7-15;/h4-5,8,11-15,18,23H,6-7,9-10H2,1-3H3,(H,24,26);1H. The lowest BCUT2D eigenvalue weighted by Crippen LogP contribution is -2.29. The van der Waals surface area contributed by atoms with Crippen molar-refractivity contribution < 1.29 is 1.43 Å². The van der Waals surface area contributed by atoms with Crippen molar-refractivity contribution in [2.24, 2.45) is 0 Å². The van der Waals surface area contributed by atoms with Crippen LogP contribution in [0.2, 0.25) is 0 Å². The molecule has 1 saturated carbocycles. The predicted molar refractivity (Wildman–Crippen MR) is 110 cm³/mol. The molecule has 3 aromatic rings. The summed E-state index contributed by atoms with van der Waals surface area (Å²) in [5, 5.41) is 12.0. The summed E-state index contributed by atoms with van der Waals surface area (Å²) in [7, 11) is 2.08. The SMILES string of the molecule is CNC1CCC(c2ccc3ccc(-c4cn[nH]c4C(C)C)nc3c2)CC1.[HH]. The monoisotopic (exact) mass is 350 g/mol. The highest BCUT2D eigenvalue weighted by Crippen LogP contribution is 2.34. The zero-order valence-corrected chi connectivity index (χ0v) is 15.9. The maximum Gasteiger partial charge on any atom is 0.0744 e. The van der Waals surface area contributed by atoms with Crippen LogP contribution < -0.4 is 5.32 Å². The number of H-pyrrole nitrogens is 1. The topological polar surface area (TPSA) is 53.6 Å². The van der Waals surface area contributed by atoms with Gasteiger partial charge in [0.1, 0.15) is 0 Å². The summed E-state index contributed by atoms with van der Waals surface area (Å²) in [5.41, 5.74) is 5.80. The Hall–Kier alpha value is -2.20. The zero-order valence-electron chi connectivity index (χ0n) is 15.9. The molecule has 138 valence electrons. The third kappa shape index (κ3) is 3.26. The van der Waals surface area contributed by atoms with Crippen molar-refractivity contribution in [1.29, 1.82) is 0 Å². The van der Waals surface area contributed by atoms with Crippen LogP contribution >= 0.6 is 0 Å². The Labute approximate surface area is 156 Å². The predicted octanol–water partition coefficient (Wildman–Crippen LogP) is 5.24. The maximum atomic E-state index is 4.98. The third-order valence-corrected chi connectivity index (χ3v) is 5.85. The Balaban J connectivity index is 0.00000210. The van der Waals surface area contributed by atoms with Crippen LogP contribution in [0.4, 0.5) is 0 Å². The average molecular weight is 351 g/mol. The molecule has 1 aromatic carbocycles. The zero-order chi connectivity index (χ0) is 18.1. The van der Waals surface area contributed by atoms with E-state index < -0.39 is 0 Å². The molecule has 0 unspecified atom stereocenters. The second-order valence-corrected chi connectivity index (χ2v) is 7.84. The molecule has 1 fully saturated rings. The average Bonchev–Trinajstić information content (AvgIpc) is 3.17. The second-order valence-electron chi connectivity index (χ2n) is 7.84. The lowest BCUT2D eigenvalue weighted by atomic mass is 9.81. The molecule has 0 radical (unpaired) electrons. The van der Waals surface area contributed by atoms with E-state index in [9.17, 15) is 0 Å². The summed E-state index contributed by atoms with van der Waals surface area (Å²) in [4.78, 5) is 4.98. The van der Waals surface area contributed by atoms with E-state index >= 15 is 0 Å². The molecule has 4 heteroatoms. The highest BCUT2D eigenvalue weighted by atomic mass is 15.1. The lowest BCUT2D eigenvalue weighted by molar-refractivity contribution is 0.359. The Morgan fingerprint density at radius 3 is 2.62 bits per heavy atom. The molecule has 0 spiro atoms. The van der Waals surface area contributed by atoms with Gasteiger partial charge < -0.3 is 5.32 Å². The fourth-order valence-electron chi connectivity index (χ4n) is 4.19. The van der Waals surface area contributed by atoms with Crippen LogP contribution in [0, 0.1) is 0 Å². The van der Waals surface area contributed by atoms with Crippen molar-refractivity contribution in [3.8, 4) is 11.3 Å². The van der Waals surface area contributed by atoms with E-state index in [1.54, 1.807) is 0 Å². The summed E-state index contributed by atoms with van der Waals surface area (Å²) in [5.74, 6) is 1.06. The minimum atomic E-state index is 0. The van der Waals surface area contributed by atoms with Gasteiger partial charge in [-0.2, -0.15) is 5.10 Å². The van der Waals surface area contributed by atoms with Crippen molar-refractivity contribution in [3.05, 3.63) is 47.8 Å². The molecule has 0 saturated heterocycles. The number of aromatic nitrogens is 3. The number of hydrogen-bond donors (Lipinski definition) is 2. The molecule has 4 nitrogen and oxygen atoms in total. The first-order valence-electron chi connectivity index (χ1n) is 9.77. The maximum absolute atomic E-state index is 4.98. The van der Waals surface area contributed by atoms with Gasteiger partial charge in [0.05, 0.1) is 17.4 Å². The Morgan fingerprint density at radius 1 is 1.12 bits per heavy atom. The van der Waals surface area contributed by atoms with E-state index in [0.717, 1.165) is 22.5 Å². The molecule has 0 amide bonds. The first-order chi connectivity index (χ1) is 12.7. The summed E-state index contributed by atoms with van der Waals surface area (Å²) in [6.45, 7) is 4.36. The second kappa shape index (κ2) is 7.20. The molecule has 1 aliphatic carbocycles. The smallest absolute Gasteiger partial charge is 0.0744 e. The van der Waals surface area contributed by atoms with Crippen molar-refractivity contribution in [3.63, 3.8) is 0 Å². The van der Waals surface area contributed by atoms with Crippen molar-refractivity contribution >= 4 is 10.9 Å². The molecule has 26 heavy (non-hydrogen) atoms. The molecule has 2 heterocycles. The van der Waals surface area contributed by atoms with Gasteiger partial charge in [0.2, 0.25) is 0 Å². The minimum absolute atomic E-state index is 0. The number of nitrogens with zero attached hydrogens (tertiary/aromatic N) is 2. The first-order valence-corrected chi connectivity index (χ1v) is 9.77. The van der Waals surface area contributed by atoms with Crippen molar-refractivity contribution in [1.82, 2.24) is 20.5 Å². The minimum Gasteiger partial charge on any atom is -0.317 e. The van der Waals surface area contributed by atoms with Crippen LogP contribution in [-0.4, -0.2) is 28.3 Å². The number of aromatic amines is 1. The van der Waals surface area contributed by atoms with E-state index in [1.807, 2.05) is 6.20 Å². The van der Waals surface area contributed by atoms with Crippen LogP contribution in [0.3, 0.4) is 0 Å². The van der Waals surface area contributed by atoms with Crippen molar-refractivity contribution in [2.75, 3.05) is 7.05 Å². The fraction of sp³-hybridized carbons (Fsp3) is 0.455. The van der Waals surface area contributed by atoms with Gasteiger partial charge >= 0.3 is 0 Å². The Bertz CT molecular complexity index is 894. The fourth-order valence-corrected chi connectivity index (χ4v) is 4.19. The third-order valence-electron chi connectivity index (χ3n) is 5.85. The number of benzene rings is 1. The van der Waals surface area contributed by atoms with Gasteiger partial charge in [0, 0.05) is 24.1 Å². The Kier molecular flexibility index (Phi) is 4.77. The van der Waals surface area contributed by atoms with E-state index in [-0.39, 0.29) is 1.43 Å². The van der Waals surface area contributed by atoms with Crippen LogP contribution in [-0.2, 0) is 0 Å². The number of hydrogen-bond acceptors (Lipinski definition) is 3. The van der Waals surface area contributed by atoms with Crippen LogP contribution in [0.5, 0.6) is 0 Å². The van der Waals surface area contributed by atoms with Gasteiger partial charge in [-0.1, -0.05) is 32.0 Å². The van der Waals surface area contributed by atoms with Gasteiger partial charge in [0.15, 0.2) is 0 Å². The van der Waals surface area contributed by atoms with Crippen LogP contribution in [0.1, 0.15) is 64.1 Å². The molecule has 2 aromatic heterocycles. The number of pyridine rings is 1. The van der Waals surface area contributed by atoms with Crippen LogP contribution in [0.25, 0.3) is 22.2 Å². The van der Waals surface area contributed by atoms with Gasteiger partial charge in [-0.3, -0.25) is 5.10 Å². The lowest BCUT2D eigenvalue weighted by Gasteiger charge is -2.28. The quantitative estimate of drug-likeness (QED) is 0.676. The van der Waals surface area contributed by atoms with Gasteiger partial charge in [-0.15, -0.1) is 0 Å². The van der Waals surface area contributed by atoms with E-state index in [0.29, 0.717) is 17.9 Å². The van der Waals surface area contributed by atoms with E-state index in [4.69, 9.17) is 4.98 Å². The summed E-state index contributed by atoms with van der Waals surface area (Å²) < 4.78 is 0. The number of nitrogens with one attached hydrogen (secondary N) is 2. The molecule has 1 aliphatic rings. The Morgan fingerprint density at radius 2 is 1.88 bits per heavy atom. The largest absolute Gasteiger partial charge is 0.317 e. The van der Waals surface area contributed by atoms with E-state index in [1.165, 1.54) is 36.6 Å². The molecule has 4 rings (SSSR count). The molecule has 0 aliphatic heterocycles. The van der Waals surface area contributed by atoms with Crippen molar-refractivity contribution in [2.45, 2.75) is 57.4 Å². The molecule has 2 N–H and O–H groups in total. The normalized spacial score (nSPS) is 20.8. The first kappa shape index (κ1) is 17.2. The number of rotatable bonds is 4. The summed E-state index contributed by atoms with van der Waals surface area (Å²) in [6, 6.07) is 11.8. The molecular weight excluding hydrogens is 320 g/mol. The van der Waals surface area contributed by atoms with Crippen LogP contribution in [0.15, 0.2) is 36.5 Å². The summed E-state index contributed by atoms with van der Waals surface area (Å²) >= 11 is 0. The molecular formula is C22H30N4. The molecule has 0 bridgehead atoms.